The van der Waals surface area contributed by atoms with Gasteiger partial charge in [-0.3, -0.25) is 14.4 Å². The maximum atomic E-state index is 13.3. The van der Waals surface area contributed by atoms with Crippen molar-refractivity contribution >= 4 is 23.6 Å². The summed E-state index contributed by atoms with van der Waals surface area (Å²) in [6.07, 6.45) is 3.69. The molecular formula is C29H40FN3O8. The van der Waals surface area contributed by atoms with Gasteiger partial charge in [0, 0.05) is 43.9 Å². The second kappa shape index (κ2) is 16.0. The van der Waals surface area contributed by atoms with Crippen LogP contribution in [0.1, 0.15) is 40.0 Å². The Morgan fingerprint density at radius 1 is 1.22 bits per heavy atom. The third-order valence-corrected chi connectivity index (χ3v) is 6.92. The van der Waals surface area contributed by atoms with Crippen molar-refractivity contribution in [1.29, 1.82) is 0 Å². The first kappa shape index (κ1) is 33.6. The second-order valence-electron chi connectivity index (χ2n) is 9.89. The summed E-state index contributed by atoms with van der Waals surface area (Å²) in [4.78, 5) is 50.7. The summed E-state index contributed by atoms with van der Waals surface area (Å²) < 4.78 is 29.3. The summed E-state index contributed by atoms with van der Waals surface area (Å²) in [6, 6.07) is 0. The SMILES string of the molecule is CO[C@H]1/C=C\C=C(/C)C(=O)NC2=CC(=O)C(NCCF)=C(CCC[C@H](OC)[C@H](O)[C@@H](C)/C=C(\C)[C@@H]1OC(N)=O)C2=O. The molecule has 1 heterocycles. The van der Waals surface area contributed by atoms with Gasteiger partial charge >= 0.3 is 6.09 Å². The molecule has 0 aromatic carbocycles. The first-order chi connectivity index (χ1) is 19.4. The van der Waals surface area contributed by atoms with E-state index in [1.54, 1.807) is 26.0 Å². The average Bonchev–Trinajstić information content (AvgIpc) is 2.93. The number of rotatable bonds is 6. The van der Waals surface area contributed by atoms with Crippen LogP contribution in [-0.4, -0.2) is 80.5 Å². The first-order valence-corrected chi connectivity index (χ1v) is 13.3. The number of fused-ring (bicyclic) bond motifs is 2. The number of aliphatic hydroxyl groups excluding tert-OH is 1. The lowest BCUT2D eigenvalue weighted by Crippen LogP contribution is -2.37. The van der Waals surface area contributed by atoms with Gasteiger partial charge in [-0.1, -0.05) is 31.2 Å². The van der Waals surface area contributed by atoms with E-state index in [4.69, 9.17) is 19.9 Å². The first-order valence-electron chi connectivity index (χ1n) is 13.3. The Bertz CT molecular complexity index is 1160. The summed E-state index contributed by atoms with van der Waals surface area (Å²) in [6.45, 7) is 4.09. The highest BCUT2D eigenvalue weighted by molar-refractivity contribution is 6.23. The van der Waals surface area contributed by atoms with Gasteiger partial charge in [0.15, 0.2) is 6.10 Å². The van der Waals surface area contributed by atoms with Gasteiger partial charge in [-0.15, -0.1) is 0 Å². The van der Waals surface area contributed by atoms with Crippen molar-refractivity contribution in [2.75, 3.05) is 27.4 Å². The molecule has 0 aromatic rings. The monoisotopic (exact) mass is 577 g/mol. The molecule has 0 aromatic heterocycles. The Morgan fingerprint density at radius 3 is 2.54 bits per heavy atom. The molecule has 2 aliphatic rings. The van der Waals surface area contributed by atoms with Crippen LogP contribution >= 0.6 is 0 Å². The number of Topliss-reactive ketones (excluding diaryl/α,β-unsaturated/α-hetero) is 1. The highest BCUT2D eigenvalue weighted by Crippen LogP contribution is 2.26. The van der Waals surface area contributed by atoms with Crippen LogP contribution in [0.2, 0.25) is 0 Å². The minimum atomic E-state index is -1.01. The van der Waals surface area contributed by atoms with Crippen molar-refractivity contribution in [3.8, 4) is 0 Å². The minimum absolute atomic E-state index is 0.0146. The number of halogens is 1. The summed E-state index contributed by atoms with van der Waals surface area (Å²) in [7, 11) is 2.86. The molecule has 11 nitrogen and oxygen atoms in total. The molecule has 12 heteroatoms. The smallest absolute Gasteiger partial charge is 0.405 e. The van der Waals surface area contributed by atoms with Gasteiger partial charge in [0.05, 0.1) is 23.6 Å². The number of amides is 2. The van der Waals surface area contributed by atoms with Crippen molar-refractivity contribution in [2.24, 2.45) is 11.7 Å². The van der Waals surface area contributed by atoms with Gasteiger partial charge in [-0.2, -0.15) is 0 Å². The van der Waals surface area contributed by atoms with Gasteiger partial charge in [-0.05, 0) is 38.7 Å². The lowest BCUT2D eigenvalue weighted by molar-refractivity contribution is -0.120. The molecule has 226 valence electrons. The van der Waals surface area contributed by atoms with Crippen molar-refractivity contribution in [2.45, 2.75) is 64.4 Å². The normalized spacial score (nSPS) is 30.4. The number of allylic oxidation sites excluding steroid dienone is 4. The highest BCUT2D eigenvalue weighted by atomic mass is 19.1. The molecule has 2 rings (SSSR count). The van der Waals surface area contributed by atoms with E-state index in [0.717, 1.165) is 6.08 Å². The zero-order valence-corrected chi connectivity index (χ0v) is 24.1. The van der Waals surface area contributed by atoms with E-state index >= 15 is 0 Å². The zero-order chi connectivity index (χ0) is 30.7. The number of methoxy groups -OCH3 is 2. The number of hydrogen-bond acceptors (Lipinski definition) is 9. The maximum absolute atomic E-state index is 13.3. The maximum Gasteiger partial charge on any atom is 0.405 e. The molecule has 2 bridgehead atoms. The molecular weight excluding hydrogens is 537 g/mol. The Morgan fingerprint density at radius 2 is 1.93 bits per heavy atom. The average molecular weight is 578 g/mol. The number of primary amides is 1. The molecule has 0 spiro atoms. The van der Waals surface area contributed by atoms with Gasteiger partial charge in [-0.25, -0.2) is 9.18 Å². The van der Waals surface area contributed by atoms with E-state index in [0.29, 0.717) is 18.4 Å². The number of nitrogens with one attached hydrogen (secondary N) is 2. The van der Waals surface area contributed by atoms with E-state index < -0.39 is 60.6 Å². The summed E-state index contributed by atoms with van der Waals surface area (Å²) >= 11 is 0. The van der Waals surface area contributed by atoms with E-state index in [1.807, 2.05) is 0 Å². The number of carbonyl (C=O) groups excluding carboxylic acids is 4. The number of hydrogen-bond donors (Lipinski definition) is 4. The van der Waals surface area contributed by atoms with Crippen LogP contribution in [0.3, 0.4) is 0 Å². The number of ether oxygens (including phenoxy) is 3. The summed E-state index contributed by atoms with van der Waals surface area (Å²) in [5.41, 5.74) is 5.99. The Balaban J connectivity index is 2.56. The van der Waals surface area contributed by atoms with Crippen molar-refractivity contribution in [1.82, 2.24) is 10.6 Å². The van der Waals surface area contributed by atoms with Crippen molar-refractivity contribution in [3.05, 3.63) is 58.5 Å². The van der Waals surface area contributed by atoms with E-state index in [9.17, 15) is 28.7 Å². The molecule has 0 fully saturated rings. The van der Waals surface area contributed by atoms with E-state index in [-0.39, 0.29) is 35.5 Å². The number of alkyl halides is 1. The molecule has 2 amide bonds. The van der Waals surface area contributed by atoms with E-state index in [2.05, 4.69) is 10.6 Å². The number of nitrogens with two attached hydrogens (primary N) is 1. The number of carbonyl (C=O) groups is 4. The predicted octanol–water partition coefficient (Wildman–Crippen LogP) is 2.08. The molecule has 0 saturated heterocycles. The zero-order valence-electron chi connectivity index (χ0n) is 24.1. The molecule has 1 aliphatic carbocycles. The van der Waals surface area contributed by atoms with Gasteiger partial charge in [0.1, 0.15) is 12.8 Å². The second-order valence-corrected chi connectivity index (χ2v) is 9.89. The fourth-order valence-electron chi connectivity index (χ4n) is 4.70. The van der Waals surface area contributed by atoms with E-state index in [1.165, 1.54) is 33.3 Å². The molecule has 5 atom stereocenters. The van der Waals surface area contributed by atoms with Crippen LogP contribution in [0.25, 0.3) is 0 Å². The van der Waals surface area contributed by atoms with Crippen molar-refractivity contribution < 1.29 is 42.9 Å². The van der Waals surface area contributed by atoms with Gasteiger partial charge in [0.25, 0.3) is 5.91 Å². The lowest BCUT2D eigenvalue weighted by atomic mass is 9.89. The van der Waals surface area contributed by atoms with Crippen LogP contribution in [0.5, 0.6) is 0 Å². The number of ketones is 2. The molecule has 0 radical (unpaired) electrons. The third-order valence-electron chi connectivity index (χ3n) is 6.92. The summed E-state index contributed by atoms with van der Waals surface area (Å²) in [5.74, 6) is -2.20. The molecule has 0 saturated carbocycles. The lowest BCUT2D eigenvalue weighted by Gasteiger charge is -2.28. The van der Waals surface area contributed by atoms with Crippen molar-refractivity contribution in [3.63, 3.8) is 0 Å². The van der Waals surface area contributed by atoms with Crippen LogP contribution in [0.4, 0.5) is 9.18 Å². The Hall–Kier alpha value is -3.61. The largest absolute Gasteiger partial charge is 0.439 e. The van der Waals surface area contributed by atoms with Gasteiger partial charge in [0.2, 0.25) is 11.6 Å². The van der Waals surface area contributed by atoms with Crippen LogP contribution in [0.15, 0.2) is 58.5 Å². The molecule has 5 N–H and O–H groups in total. The minimum Gasteiger partial charge on any atom is -0.439 e. The standard InChI is InChI=1S/C29H40FN3O8/c1-16-8-6-11-23(40-5)27(41-29(31)38)18(3)14-17(2)25(35)22(39-4)10-7-9-19-24(32-13-12-30)21(34)15-20(26(19)36)33-28(16)37/h6,8,11,14-15,17,22-23,25,27,32,35H,7,9-10,12-13H2,1-5H3,(H2,31,38)(H,33,37)/b11-6-,16-8+,18-14+/t17-,22-,23-,25+,27-/m0/s1. The van der Waals surface area contributed by atoms with Crippen LogP contribution in [-0.2, 0) is 28.6 Å². The Kier molecular flexibility index (Phi) is 13.1. The highest BCUT2D eigenvalue weighted by Gasteiger charge is 2.31. The van der Waals surface area contributed by atoms with Crippen LogP contribution in [0, 0.1) is 5.92 Å². The van der Waals surface area contributed by atoms with Crippen LogP contribution < -0.4 is 16.4 Å². The fourth-order valence-corrected chi connectivity index (χ4v) is 4.70. The molecule has 41 heavy (non-hydrogen) atoms. The topological polar surface area (TPSA) is 166 Å². The predicted molar refractivity (Wildman–Crippen MR) is 149 cm³/mol. The third kappa shape index (κ3) is 9.20. The quantitative estimate of drug-likeness (QED) is 0.273. The molecule has 0 unspecified atom stereocenters. The number of aliphatic hydroxyl groups is 1. The fraction of sp³-hybridized carbons (Fsp3) is 0.517. The van der Waals surface area contributed by atoms with Gasteiger partial charge < -0.3 is 35.7 Å². The Labute approximate surface area is 239 Å². The molecule has 1 aliphatic heterocycles. The summed E-state index contributed by atoms with van der Waals surface area (Å²) in [5, 5.41) is 16.3.